The molecule has 8 heteroatoms. The molecule has 10 rings (SSSR count). The summed E-state index contributed by atoms with van der Waals surface area (Å²) in [5.41, 5.74) is 29.9. The number of hydrogen-bond acceptors (Lipinski definition) is 2. The van der Waals surface area contributed by atoms with E-state index in [4.69, 9.17) is 10.2 Å². The van der Waals surface area contributed by atoms with E-state index in [9.17, 15) is 0 Å². The van der Waals surface area contributed by atoms with Crippen LogP contribution in [-0.2, 0) is 59.4 Å². The zero-order valence-electron chi connectivity index (χ0n) is 53.9. The molecule has 0 spiro atoms. The molecule has 0 bridgehead atoms. The van der Waals surface area contributed by atoms with Crippen molar-refractivity contribution < 1.29 is 18.3 Å². The maximum atomic E-state index is 4.77. The number of fused-ring (bicyclic) bond motifs is 2. The topological polar surface area (TPSA) is 46.7 Å². The molecule has 0 saturated carbocycles. The lowest BCUT2D eigenvalue weighted by atomic mass is 9.95. The van der Waals surface area contributed by atoms with Gasteiger partial charge >= 0.3 is 0 Å². The van der Waals surface area contributed by atoms with Gasteiger partial charge in [-0.15, -0.1) is 10.2 Å². The van der Waals surface area contributed by atoms with Crippen molar-refractivity contribution in [3.05, 3.63) is 246 Å². The van der Waals surface area contributed by atoms with Gasteiger partial charge in [0.1, 0.15) is 32.3 Å². The Kier molecular flexibility index (Phi) is 22.8. The van der Waals surface area contributed by atoms with Crippen LogP contribution in [0.15, 0.2) is 144 Å². The molecule has 0 N–H and O–H groups in total. The summed E-state index contributed by atoms with van der Waals surface area (Å²) in [5.74, 6) is 2.03. The molecule has 0 fully saturated rings. The Balaban J connectivity index is 0.000000194. The Labute approximate surface area is 495 Å². The van der Waals surface area contributed by atoms with E-state index < -0.39 is 0 Å². The molecule has 0 radical (unpaired) electrons. The second-order valence-corrected chi connectivity index (χ2v) is 21.8. The van der Waals surface area contributed by atoms with Crippen molar-refractivity contribution in [1.82, 2.24) is 0 Å². The molecule has 2 aliphatic rings. The van der Waals surface area contributed by atoms with Gasteiger partial charge in [-0.25, -0.2) is 13.7 Å². The summed E-state index contributed by atoms with van der Waals surface area (Å²) in [4.78, 5) is 4.57. The molecule has 6 heterocycles. The van der Waals surface area contributed by atoms with Crippen LogP contribution >= 0.6 is 0 Å². The van der Waals surface area contributed by atoms with E-state index >= 15 is 0 Å². The highest BCUT2D eigenvalue weighted by atomic mass is 15.4. The fourth-order valence-corrected chi connectivity index (χ4v) is 11.6. The summed E-state index contributed by atoms with van der Waals surface area (Å²) >= 11 is 0. The molecule has 8 aromatic rings. The van der Waals surface area contributed by atoms with E-state index in [2.05, 4.69) is 273 Å². The predicted octanol–water partition coefficient (Wildman–Crippen LogP) is 14.6. The first kappa shape index (κ1) is 63.6. The summed E-state index contributed by atoms with van der Waals surface area (Å²) in [7, 11) is 4.30. The molecule has 0 amide bonds. The molecular weight excluding hydrogens is 1000 g/mol. The lowest BCUT2D eigenvalue weighted by Crippen LogP contribution is -2.42. The Morgan fingerprint density at radius 3 is 1.20 bits per heavy atom. The molecule has 0 atom stereocenters. The Hall–Kier alpha value is -7.58. The van der Waals surface area contributed by atoms with Crippen LogP contribution in [0.3, 0.4) is 0 Å². The number of amidine groups is 2. The first-order valence-electron chi connectivity index (χ1n) is 30.2. The van der Waals surface area contributed by atoms with Crippen molar-refractivity contribution in [3.8, 4) is 0 Å². The minimum Gasteiger partial charge on any atom is -0.328 e. The van der Waals surface area contributed by atoms with Crippen molar-refractivity contribution in [1.29, 1.82) is 0 Å². The number of likely N-dealkylation sites (N-methyl/N-ethyl adjacent to an activating group) is 1. The number of rotatable bonds is 11. The van der Waals surface area contributed by atoms with Gasteiger partial charge in [-0.3, -0.25) is 0 Å². The van der Waals surface area contributed by atoms with Crippen molar-refractivity contribution in [3.63, 3.8) is 0 Å². The average Bonchev–Trinajstić information content (AvgIpc) is 4.21. The van der Waals surface area contributed by atoms with Crippen molar-refractivity contribution in [2.45, 2.75) is 170 Å². The number of nitrogens with zero attached hydrogens (tertiary/aromatic N) is 8. The molecule has 430 valence electrons. The van der Waals surface area contributed by atoms with Crippen LogP contribution in [0.1, 0.15) is 154 Å². The SMILES string of the molecule is CC.CC.CCN1/C(=N/N=C2\Cc3ccccc3N2Cc2ccccc2)Cc2ccccc21.CC[n+]1c(C)cc(Cc2cc(C)[n+](C)c(C)c2C)c(C)c1C.Cc1c(Cc2cc(C)[n+](Cc3ccccc3)c(C)c2C)cc(C)[n+](C)c1C. The monoisotopic (exact) mass is 1100 g/mol. The largest absolute Gasteiger partial charge is 0.328 e. The van der Waals surface area contributed by atoms with Crippen LogP contribution in [-0.4, -0.2) is 18.2 Å². The fraction of sp³-hybridized carbons (Fsp3) is 0.378. The third kappa shape index (κ3) is 14.5. The zero-order chi connectivity index (χ0) is 59.9. The van der Waals surface area contributed by atoms with Crippen molar-refractivity contribution in [2.75, 3.05) is 16.3 Å². The quantitative estimate of drug-likeness (QED) is 0.0957. The maximum absolute atomic E-state index is 4.77. The second kappa shape index (κ2) is 29.4. The molecule has 0 unspecified atom stereocenters. The number of aryl methyl sites for hydroxylation is 4. The van der Waals surface area contributed by atoms with Crippen molar-refractivity contribution in [2.24, 2.45) is 24.3 Å². The van der Waals surface area contributed by atoms with E-state index in [0.717, 1.165) is 63.5 Å². The number of aromatic nitrogens is 4. The summed E-state index contributed by atoms with van der Waals surface area (Å²) < 4.78 is 9.38. The van der Waals surface area contributed by atoms with E-state index in [1.54, 1.807) is 0 Å². The van der Waals surface area contributed by atoms with Gasteiger partial charge in [0.25, 0.3) is 0 Å². The summed E-state index contributed by atoms with van der Waals surface area (Å²) in [6, 6.07) is 47.8. The third-order valence-corrected chi connectivity index (χ3v) is 17.3. The highest BCUT2D eigenvalue weighted by molar-refractivity contribution is 6.07. The Morgan fingerprint density at radius 1 is 0.402 bits per heavy atom. The van der Waals surface area contributed by atoms with Gasteiger partial charge in [-0.1, -0.05) is 125 Å². The van der Waals surface area contributed by atoms with Crippen LogP contribution in [0.25, 0.3) is 0 Å². The highest BCUT2D eigenvalue weighted by Crippen LogP contribution is 2.33. The maximum Gasteiger partial charge on any atom is 0.181 e. The molecular formula is C74H98N8+4. The van der Waals surface area contributed by atoms with Gasteiger partial charge in [0.15, 0.2) is 52.1 Å². The first-order chi connectivity index (χ1) is 39.4. The summed E-state index contributed by atoms with van der Waals surface area (Å²) in [6.45, 7) is 42.8. The molecule has 4 aromatic carbocycles. The Bertz CT molecular complexity index is 3530. The minimum atomic E-state index is 0.805. The van der Waals surface area contributed by atoms with E-state index in [1.807, 2.05) is 27.7 Å². The lowest BCUT2D eigenvalue weighted by molar-refractivity contribution is -0.705. The summed E-state index contributed by atoms with van der Waals surface area (Å²) in [6.07, 6.45) is 3.67. The van der Waals surface area contributed by atoms with Crippen LogP contribution in [0.2, 0.25) is 0 Å². The van der Waals surface area contributed by atoms with Crippen LogP contribution in [0, 0.1) is 83.1 Å². The number of para-hydroxylation sites is 2. The van der Waals surface area contributed by atoms with E-state index in [0.29, 0.717) is 0 Å². The standard InChI is InChI=1S/C25H24N4.C25H32N2.C20H30N2.2C2H6/c1-2-28-22-14-8-6-12-20(22)16-24(28)26-27-25-17-21-13-7-9-15-23(21)29(25)18-19-10-4-3-5-11-19;1-17-13-24(19(3)21(5)26(17)7)15-25-14-18(2)27(22(6)20(25)4)16-23-11-9-8-10-12-23;1-9-22-14(3)11-20(16(5)18(22)7)12-19-10-13(2)21(8)17(6)15(19)4;2*1-2/h3-15H,2,16-18H2,1H3;8-14H,15-16H2,1-7H3;10-11H,9,12H2,1-8H3;2*1-2H3/q;2*+2;;/b26-24+,27-25+;;;;. The third-order valence-electron chi connectivity index (χ3n) is 17.3. The van der Waals surface area contributed by atoms with Gasteiger partial charge in [0, 0.05) is 145 Å². The molecule has 4 aromatic heterocycles. The van der Waals surface area contributed by atoms with Crippen molar-refractivity contribution >= 4 is 23.0 Å². The molecule has 0 saturated heterocycles. The number of benzene rings is 4. The molecule has 0 aliphatic carbocycles. The fourth-order valence-electron chi connectivity index (χ4n) is 11.6. The molecule has 82 heavy (non-hydrogen) atoms. The normalized spacial score (nSPS) is 13.1. The zero-order valence-corrected chi connectivity index (χ0v) is 53.9. The van der Waals surface area contributed by atoms with E-state index in [1.165, 1.54) is 124 Å². The Morgan fingerprint density at radius 2 is 0.756 bits per heavy atom. The van der Waals surface area contributed by atoms with Crippen LogP contribution in [0.5, 0.6) is 0 Å². The van der Waals surface area contributed by atoms with Gasteiger partial charge < -0.3 is 9.80 Å². The molecule has 2 aliphatic heterocycles. The summed E-state index contributed by atoms with van der Waals surface area (Å²) in [5, 5.41) is 9.50. The van der Waals surface area contributed by atoms with E-state index in [-0.39, 0.29) is 0 Å². The van der Waals surface area contributed by atoms with Gasteiger partial charge in [0.2, 0.25) is 0 Å². The van der Waals surface area contributed by atoms with Crippen LogP contribution < -0.4 is 28.1 Å². The van der Waals surface area contributed by atoms with Gasteiger partial charge in [-0.05, 0) is 105 Å². The lowest BCUT2D eigenvalue weighted by Gasteiger charge is -2.20. The first-order valence-corrected chi connectivity index (χ1v) is 30.2. The minimum absolute atomic E-state index is 0.805. The van der Waals surface area contributed by atoms with Crippen LogP contribution in [0.4, 0.5) is 11.4 Å². The molecule has 8 nitrogen and oxygen atoms in total. The average molecular weight is 1100 g/mol. The smallest absolute Gasteiger partial charge is 0.181 e. The highest BCUT2D eigenvalue weighted by Gasteiger charge is 2.28. The van der Waals surface area contributed by atoms with Gasteiger partial charge in [0.05, 0.1) is 0 Å². The predicted molar refractivity (Wildman–Crippen MR) is 346 cm³/mol. The van der Waals surface area contributed by atoms with Gasteiger partial charge in [-0.2, -0.15) is 4.57 Å². The number of pyridine rings is 4. The number of hydrogen-bond donors (Lipinski definition) is 0. The second-order valence-electron chi connectivity index (χ2n) is 21.8. The number of anilines is 2.